The molecule has 2 heterocycles. The van der Waals surface area contributed by atoms with Crippen LogP contribution in [0.2, 0.25) is 0 Å². The van der Waals surface area contributed by atoms with Gasteiger partial charge in [0.1, 0.15) is 17.9 Å². The van der Waals surface area contributed by atoms with Gasteiger partial charge in [-0.3, -0.25) is 0 Å². The van der Waals surface area contributed by atoms with E-state index in [1.807, 2.05) is 18.2 Å². The lowest BCUT2D eigenvalue weighted by molar-refractivity contribution is 0.299. The van der Waals surface area contributed by atoms with E-state index in [9.17, 15) is 0 Å². The van der Waals surface area contributed by atoms with E-state index >= 15 is 0 Å². The number of nitrogens with one attached hydrogen (secondary N) is 1. The third kappa shape index (κ3) is 1.94. The zero-order chi connectivity index (χ0) is 11.5. The minimum atomic E-state index is 0.340. The molecule has 1 N–H and O–H groups in total. The summed E-state index contributed by atoms with van der Waals surface area (Å²) in [6.45, 7) is 0.340. The largest absolute Gasteiger partial charge is 0.483 e. The van der Waals surface area contributed by atoms with Crippen LogP contribution in [0.3, 0.4) is 0 Å². The molecule has 0 unspecified atom stereocenters. The van der Waals surface area contributed by atoms with Gasteiger partial charge in [-0.25, -0.2) is 15.0 Å². The Bertz CT molecular complexity index is 620. The maximum atomic E-state index is 5.66. The van der Waals surface area contributed by atoms with Crippen LogP contribution in [0.15, 0.2) is 43.0 Å². The Morgan fingerprint density at radius 2 is 1.94 bits per heavy atom. The molecule has 0 aliphatic heterocycles. The molecule has 0 fully saturated rings. The first kappa shape index (κ1) is 9.77. The van der Waals surface area contributed by atoms with Crippen molar-refractivity contribution in [2.75, 3.05) is 0 Å². The fourth-order valence-electron chi connectivity index (χ4n) is 1.60. The van der Waals surface area contributed by atoms with Gasteiger partial charge in [-0.1, -0.05) is 6.07 Å². The van der Waals surface area contributed by atoms with Crippen molar-refractivity contribution in [3.05, 3.63) is 48.8 Å². The summed E-state index contributed by atoms with van der Waals surface area (Å²) in [6, 6.07) is 7.53. The average Bonchev–Trinajstić information content (AvgIpc) is 2.86. The summed E-state index contributed by atoms with van der Waals surface area (Å²) in [6.07, 6.45) is 5.04. The first-order valence-corrected chi connectivity index (χ1v) is 5.24. The summed E-state index contributed by atoms with van der Waals surface area (Å²) >= 11 is 0. The van der Waals surface area contributed by atoms with E-state index in [-0.39, 0.29) is 0 Å². The van der Waals surface area contributed by atoms with Crippen molar-refractivity contribution >= 4 is 11.0 Å². The van der Waals surface area contributed by atoms with Gasteiger partial charge in [0.05, 0.1) is 11.8 Å². The van der Waals surface area contributed by atoms with Gasteiger partial charge in [0.2, 0.25) is 0 Å². The summed E-state index contributed by atoms with van der Waals surface area (Å²) in [5, 5.41) is 0. The van der Waals surface area contributed by atoms with Crippen LogP contribution >= 0.6 is 0 Å². The van der Waals surface area contributed by atoms with Crippen molar-refractivity contribution in [3.8, 4) is 5.75 Å². The molecular weight excluding hydrogens is 216 g/mol. The standard InChI is InChI=1S/C12H10N4O/c1-3-9-12(16-8-15-9)10(4-1)17-7-11-13-5-2-6-14-11/h1-6,8H,7H2,(H,15,16). The molecule has 5 nitrogen and oxygen atoms in total. The number of aromatic amines is 1. The molecule has 0 bridgehead atoms. The highest BCUT2D eigenvalue weighted by atomic mass is 16.5. The first-order valence-electron chi connectivity index (χ1n) is 5.24. The first-order chi connectivity index (χ1) is 8.43. The van der Waals surface area contributed by atoms with Crippen LogP contribution < -0.4 is 4.74 Å². The van der Waals surface area contributed by atoms with Crippen LogP contribution in [0, 0.1) is 0 Å². The molecule has 1 aromatic carbocycles. The van der Waals surface area contributed by atoms with Crippen LogP contribution in [-0.2, 0) is 6.61 Å². The molecule has 0 saturated carbocycles. The smallest absolute Gasteiger partial charge is 0.166 e. The minimum Gasteiger partial charge on any atom is -0.483 e. The van der Waals surface area contributed by atoms with Crippen molar-refractivity contribution in [1.29, 1.82) is 0 Å². The Balaban J connectivity index is 1.84. The van der Waals surface area contributed by atoms with E-state index < -0.39 is 0 Å². The van der Waals surface area contributed by atoms with Crippen LogP contribution in [0.4, 0.5) is 0 Å². The predicted octanol–water partition coefficient (Wildman–Crippen LogP) is 1.93. The monoisotopic (exact) mass is 226 g/mol. The lowest BCUT2D eigenvalue weighted by Crippen LogP contribution is -2.00. The quantitative estimate of drug-likeness (QED) is 0.741. The summed E-state index contributed by atoms with van der Waals surface area (Å²) in [5.41, 5.74) is 1.78. The summed E-state index contributed by atoms with van der Waals surface area (Å²) < 4.78 is 5.66. The highest BCUT2D eigenvalue weighted by Crippen LogP contribution is 2.22. The molecule has 3 aromatic rings. The van der Waals surface area contributed by atoms with Gasteiger partial charge in [-0.15, -0.1) is 0 Å². The number of hydrogen-bond acceptors (Lipinski definition) is 4. The fraction of sp³-hybridized carbons (Fsp3) is 0.0833. The second-order valence-corrected chi connectivity index (χ2v) is 3.51. The summed E-state index contributed by atoms with van der Waals surface area (Å²) in [7, 11) is 0. The molecule has 17 heavy (non-hydrogen) atoms. The molecular formula is C12H10N4O. The van der Waals surface area contributed by atoms with Gasteiger partial charge in [0.15, 0.2) is 5.82 Å². The highest BCUT2D eigenvalue weighted by molar-refractivity contribution is 5.80. The Kier molecular flexibility index (Phi) is 2.42. The zero-order valence-corrected chi connectivity index (χ0v) is 9.00. The van der Waals surface area contributed by atoms with Crippen molar-refractivity contribution in [1.82, 2.24) is 19.9 Å². The van der Waals surface area contributed by atoms with Crippen LogP contribution in [-0.4, -0.2) is 19.9 Å². The number of para-hydroxylation sites is 1. The van der Waals surface area contributed by atoms with E-state index in [0.29, 0.717) is 12.4 Å². The summed E-state index contributed by atoms with van der Waals surface area (Å²) in [5.74, 6) is 1.39. The maximum absolute atomic E-state index is 5.66. The Morgan fingerprint density at radius 1 is 1.06 bits per heavy atom. The van der Waals surface area contributed by atoms with Crippen LogP contribution in [0.25, 0.3) is 11.0 Å². The number of ether oxygens (including phenoxy) is 1. The highest BCUT2D eigenvalue weighted by Gasteiger charge is 2.04. The second-order valence-electron chi connectivity index (χ2n) is 3.51. The van der Waals surface area contributed by atoms with Gasteiger partial charge >= 0.3 is 0 Å². The number of imidazole rings is 1. The molecule has 0 atom stereocenters. The van der Waals surface area contributed by atoms with Gasteiger partial charge in [-0.05, 0) is 18.2 Å². The van der Waals surface area contributed by atoms with E-state index in [2.05, 4.69) is 19.9 Å². The molecule has 0 aliphatic carbocycles. The van der Waals surface area contributed by atoms with E-state index in [1.165, 1.54) is 0 Å². The lowest BCUT2D eigenvalue weighted by Gasteiger charge is -2.05. The molecule has 84 valence electrons. The third-order valence-corrected chi connectivity index (χ3v) is 2.39. The Hall–Kier alpha value is -2.43. The number of benzene rings is 1. The average molecular weight is 226 g/mol. The molecule has 0 saturated heterocycles. The van der Waals surface area contributed by atoms with Crippen LogP contribution in [0.1, 0.15) is 5.82 Å². The van der Waals surface area contributed by atoms with Gasteiger partial charge in [0, 0.05) is 12.4 Å². The molecule has 5 heteroatoms. The van der Waals surface area contributed by atoms with Gasteiger partial charge in [-0.2, -0.15) is 0 Å². The third-order valence-electron chi connectivity index (χ3n) is 2.39. The number of nitrogens with zero attached hydrogens (tertiary/aromatic N) is 3. The molecule has 0 amide bonds. The van der Waals surface area contributed by atoms with Crippen molar-refractivity contribution in [2.24, 2.45) is 0 Å². The molecule has 0 aliphatic rings. The van der Waals surface area contributed by atoms with Crippen molar-refractivity contribution < 1.29 is 4.74 Å². The number of H-pyrrole nitrogens is 1. The normalized spacial score (nSPS) is 10.6. The minimum absolute atomic E-state index is 0.340. The SMILES string of the molecule is c1cnc(COc2cccc3[nH]cnc23)nc1. The molecule has 2 aromatic heterocycles. The van der Waals surface area contributed by atoms with Crippen molar-refractivity contribution in [3.63, 3.8) is 0 Å². The lowest BCUT2D eigenvalue weighted by atomic mass is 10.3. The number of hydrogen-bond donors (Lipinski definition) is 1. The van der Waals surface area contributed by atoms with Gasteiger partial charge in [0.25, 0.3) is 0 Å². The van der Waals surface area contributed by atoms with E-state index in [1.54, 1.807) is 24.8 Å². The Labute approximate surface area is 97.5 Å². The topological polar surface area (TPSA) is 63.7 Å². The van der Waals surface area contributed by atoms with Crippen LogP contribution in [0.5, 0.6) is 5.75 Å². The summed E-state index contributed by atoms with van der Waals surface area (Å²) in [4.78, 5) is 15.4. The van der Waals surface area contributed by atoms with Crippen molar-refractivity contribution in [2.45, 2.75) is 6.61 Å². The molecule has 0 radical (unpaired) electrons. The van der Waals surface area contributed by atoms with E-state index in [0.717, 1.165) is 16.8 Å². The number of fused-ring (bicyclic) bond motifs is 1. The Morgan fingerprint density at radius 3 is 2.82 bits per heavy atom. The molecule has 0 spiro atoms. The fourth-order valence-corrected chi connectivity index (χ4v) is 1.60. The number of aromatic nitrogens is 4. The number of rotatable bonds is 3. The molecule has 3 rings (SSSR count). The zero-order valence-electron chi connectivity index (χ0n) is 9.00. The second kappa shape index (κ2) is 4.21. The van der Waals surface area contributed by atoms with E-state index in [4.69, 9.17) is 4.74 Å². The maximum Gasteiger partial charge on any atom is 0.166 e. The van der Waals surface area contributed by atoms with Gasteiger partial charge < -0.3 is 9.72 Å². The predicted molar refractivity (Wildman–Crippen MR) is 62.5 cm³/mol.